The summed E-state index contributed by atoms with van der Waals surface area (Å²) >= 11 is 1.35. The number of aryl methyl sites for hydroxylation is 3. The van der Waals surface area contributed by atoms with Crippen molar-refractivity contribution in [1.82, 2.24) is 14.8 Å². The predicted octanol–water partition coefficient (Wildman–Crippen LogP) is 4.08. The summed E-state index contributed by atoms with van der Waals surface area (Å²) in [7, 11) is 0. The molecule has 0 radical (unpaired) electrons. The monoisotopic (exact) mass is 404 g/mol. The summed E-state index contributed by atoms with van der Waals surface area (Å²) in [5.74, 6) is -0.338. The Hall–Kier alpha value is -3.32. The number of nitrogens with zero attached hydrogens (tertiary/aromatic N) is 3. The van der Waals surface area contributed by atoms with Crippen molar-refractivity contribution in [3.05, 3.63) is 75.0 Å². The van der Waals surface area contributed by atoms with Crippen molar-refractivity contribution in [2.45, 2.75) is 27.3 Å². The average Bonchev–Trinajstić information content (AvgIpc) is 3.16. The first-order chi connectivity index (χ1) is 13.9. The maximum Gasteiger partial charge on any atom is 0.275 e. The molecule has 0 atom stereocenters. The first kappa shape index (κ1) is 19.0. The van der Waals surface area contributed by atoms with Gasteiger partial charge in [0, 0.05) is 16.3 Å². The Bertz CT molecular complexity index is 1290. The van der Waals surface area contributed by atoms with E-state index in [0.717, 1.165) is 16.6 Å². The Morgan fingerprint density at radius 2 is 1.83 bits per heavy atom. The number of carbonyl (C=O) groups is 1. The van der Waals surface area contributed by atoms with Crippen LogP contribution in [0.1, 0.15) is 16.8 Å². The highest BCUT2D eigenvalue weighted by Crippen LogP contribution is 2.26. The van der Waals surface area contributed by atoms with E-state index in [1.807, 2.05) is 30.5 Å². The fourth-order valence-corrected chi connectivity index (χ4v) is 3.91. The van der Waals surface area contributed by atoms with E-state index in [2.05, 4.69) is 41.4 Å². The topological polar surface area (TPSA) is 76.9 Å². The number of anilines is 1. The number of amides is 1. The average molecular weight is 404 g/mol. The smallest absolute Gasteiger partial charge is 0.275 e. The van der Waals surface area contributed by atoms with Gasteiger partial charge in [0.1, 0.15) is 6.54 Å². The number of fused-ring (bicyclic) bond motifs is 1. The van der Waals surface area contributed by atoms with E-state index in [0.29, 0.717) is 16.2 Å². The number of rotatable bonds is 4. The summed E-state index contributed by atoms with van der Waals surface area (Å²) < 4.78 is 1.20. The lowest BCUT2D eigenvalue weighted by Gasteiger charge is -2.08. The highest BCUT2D eigenvalue weighted by Gasteiger charge is 2.13. The third-order valence-electron chi connectivity index (χ3n) is 4.90. The minimum absolute atomic E-state index is 0.164. The number of hydrogen-bond acceptors (Lipinski definition) is 5. The second-order valence-electron chi connectivity index (χ2n) is 6.98. The molecule has 0 spiro atoms. The molecule has 146 valence electrons. The Morgan fingerprint density at radius 3 is 2.59 bits per heavy atom. The van der Waals surface area contributed by atoms with Gasteiger partial charge < -0.3 is 5.32 Å². The molecule has 2 aromatic heterocycles. The molecule has 4 aromatic rings. The van der Waals surface area contributed by atoms with Gasteiger partial charge in [-0.05, 0) is 44.0 Å². The number of carbonyl (C=O) groups excluding carboxylic acids is 1. The van der Waals surface area contributed by atoms with E-state index < -0.39 is 0 Å². The zero-order chi connectivity index (χ0) is 20.5. The summed E-state index contributed by atoms with van der Waals surface area (Å²) in [6, 6.07) is 13.4. The van der Waals surface area contributed by atoms with Gasteiger partial charge >= 0.3 is 0 Å². The molecule has 4 rings (SSSR count). The molecule has 0 aliphatic heterocycles. The summed E-state index contributed by atoms with van der Waals surface area (Å²) in [5.41, 5.74) is 4.66. The van der Waals surface area contributed by atoms with Gasteiger partial charge in [-0.2, -0.15) is 5.10 Å². The number of thiazole rings is 1. The summed E-state index contributed by atoms with van der Waals surface area (Å²) in [5, 5.41) is 10.8. The lowest BCUT2D eigenvalue weighted by atomic mass is 10.1. The van der Waals surface area contributed by atoms with Crippen molar-refractivity contribution in [3.63, 3.8) is 0 Å². The van der Waals surface area contributed by atoms with Crippen LogP contribution in [0.15, 0.2) is 52.6 Å². The third kappa shape index (κ3) is 3.82. The molecule has 1 amide bonds. The van der Waals surface area contributed by atoms with Crippen molar-refractivity contribution < 1.29 is 4.79 Å². The van der Waals surface area contributed by atoms with Crippen LogP contribution in [-0.2, 0) is 11.3 Å². The lowest BCUT2D eigenvalue weighted by Crippen LogP contribution is -2.30. The number of aromatic nitrogens is 3. The molecule has 2 heterocycles. The van der Waals surface area contributed by atoms with E-state index in [-0.39, 0.29) is 18.0 Å². The summed E-state index contributed by atoms with van der Waals surface area (Å²) in [6.45, 7) is 5.79. The first-order valence-electron chi connectivity index (χ1n) is 9.22. The fourth-order valence-electron chi connectivity index (χ4n) is 3.17. The third-order valence-corrected chi connectivity index (χ3v) is 5.66. The van der Waals surface area contributed by atoms with Crippen LogP contribution >= 0.6 is 11.3 Å². The van der Waals surface area contributed by atoms with Gasteiger partial charge in [-0.1, -0.05) is 30.3 Å². The zero-order valence-corrected chi connectivity index (χ0v) is 17.2. The molecule has 1 N–H and O–H groups in total. The van der Waals surface area contributed by atoms with E-state index in [1.165, 1.54) is 27.1 Å². The Balaban J connectivity index is 1.53. The minimum atomic E-state index is -0.338. The van der Waals surface area contributed by atoms with E-state index in [9.17, 15) is 9.59 Å². The van der Waals surface area contributed by atoms with Crippen LogP contribution in [0.4, 0.5) is 5.13 Å². The van der Waals surface area contributed by atoms with Crippen LogP contribution in [0.5, 0.6) is 0 Å². The van der Waals surface area contributed by atoms with E-state index in [1.54, 1.807) is 12.1 Å². The van der Waals surface area contributed by atoms with Crippen LogP contribution in [0.3, 0.4) is 0 Å². The van der Waals surface area contributed by atoms with Gasteiger partial charge in [-0.25, -0.2) is 9.67 Å². The summed E-state index contributed by atoms with van der Waals surface area (Å²) in [4.78, 5) is 29.6. The van der Waals surface area contributed by atoms with Gasteiger partial charge in [0.05, 0.1) is 16.8 Å². The summed E-state index contributed by atoms with van der Waals surface area (Å²) in [6.07, 6.45) is 0. The van der Waals surface area contributed by atoms with Gasteiger partial charge in [-0.3, -0.25) is 9.59 Å². The van der Waals surface area contributed by atoms with Gasteiger partial charge in [0.15, 0.2) is 5.13 Å². The van der Waals surface area contributed by atoms with Crippen LogP contribution in [0, 0.1) is 20.8 Å². The normalized spacial score (nSPS) is 11.0. The Morgan fingerprint density at radius 1 is 1.07 bits per heavy atom. The molecule has 0 aliphatic carbocycles. The predicted molar refractivity (Wildman–Crippen MR) is 116 cm³/mol. The SMILES string of the molecule is Cc1ccc(-c2csc(NC(=O)Cn3nc(C)c4ccccc4c3=O)n2)cc1C. The molecule has 2 aromatic carbocycles. The van der Waals surface area contributed by atoms with Crippen molar-refractivity contribution in [1.29, 1.82) is 0 Å². The minimum Gasteiger partial charge on any atom is -0.300 e. The maximum absolute atomic E-state index is 12.6. The Kier molecular flexibility index (Phi) is 4.98. The molecule has 7 heteroatoms. The largest absolute Gasteiger partial charge is 0.300 e. The highest BCUT2D eigenvalue weighted by atomic mass is 32.1. The molecule has 0 fully saturated rings. The van der Waals surface area contributed by atoms with Crippen molar-refractivity contribution in [3.8, 4) is 11.3 Å². The number of nitrogens with one attached hydrogen (secondary N) is 1. The second-order valence-corrected chi connectivity index (χ2v) is 7.84. The lowest BCUT2D eigenvalue weighted by molar-refractivity contribution is -0.117. The molecule has 0 aliphatic rings. The molecular weight excluding hydrogens is 384 g/mol. The first-order valence-corrected chi connectivity index (χ1v) is 10.1. The van der Waals surface area contributed by atoms with E-state index >= 15 is 0 Å². The van der Waals surface area contributed by atoms with Gasteiger partial charge in [-0.15, -0.1) is 11.3 Å². The highest BCUT2D eigenvalue weighted by molar-refractivity contribution is 7.14. The zero-order valence-electron chi connectivity index (χ0n) is 16.4. The van der Waals surface area contributed by atoms with Crippen molar-refractivity contribution in [2.24, 2.45) is 0 Å². The number of hydrogen-bond donors (Lipinski definition) is 1. The van der Waals surface area contributed by atoms with Crippen LogP contribution in [0.25, 0.3) is 22.0 Å². The molecule has 0 saturated heterocycles. The fraction of sp³-hybridized carbons (Fsp3) is 0.182. The van der Waals surface area contributed by atoms with Gasteiger partial charge in [0.2, 0.25) is 5.91 Å². The molecular formula is C22H20N4O2S. The molecule has 29 heavy (non-hydrogen) atoms. The standard InChI is InChI=1S/C22H20N4O2S/c1-13-8-9-16(10-14(13)2)19-12-29-22(23-19)24-20(27)11-26-21(28)18-7-5-4-6-17(18)15(3)25-26/h4-10,12H,11H2,1-3H3,(H,23,24,27). The Labute approximate surface area is 171 Å². The van der Waals surface area contributed by atoms with Crippen molar-refractivity contribution in [2.75, 3.05) is 5.32 Å². The number of benzene rings is 2. The maximum atomic E-state index is 12.6. The molecule has 0 bridgehead atoms. The van der Waals surface area contributed by atoms with Crippen molar-refractivity contribution >= 4 is 33.1 Å². The van der Waals surface area contributed by atoms with Crippen LogP contribution in [-0.4, -0.2) is 20.7 Å². The van der Waals surface area contributed by atoms with Gasteiger partial charge in [0.25, 0.3) is 5.56 Å². The van der Waals surface area contributed by atoms with Crippen LogP contribution < -0.4 is 10.9 Å². The second kappa shape index (κ2) is 7.60. The quantitative estimate of drug-likeness (QED) is 0.556. The molecule has 6 nitrogen and oxygen atoms in total. The van der Waals surface area contributed by atoms with E-state index in [4.69, 9.17) is 0 Å². The van der Waals surface area contributed by atoms with Crippen LogP contribution in [0.2, 0.25) is 0 Å². The molecule has 0 unspecified atom stereocenters. The molecule has 0 saturated carbocycles.